The van der Waals surface area contributed by atoms with E-state index in [0.29, 0.717) is 21.7 Å². The van der Waals surface area contributed by atoms with Crippen LogP contribution < -0.4 is 4.74 Å². The summed E-state index contributed by atoms with van der Waals surface area (Å²) in [6, 6.07) is 7.29. The van der Waals surface area contributed by atoms with E-state index in [1.54, 1.807) is 18.2 Å². The van der Waals surface area contributed by atoms with E-state index in [-0.39, 0.29) is 11.4 Å². The summed E-state index contributed by atoms with van der Waals surface area (Å²) >= 11 is 9.35. The molecule has 0 fully saturated rings. The normalized spacial score (nSPS) is 10.5. The summed E-state index contributed by atoms with van der Waals surface area (Å²) < 4.78 is 19.5. The van der Waals surface area contributed by atoms with Gasteiger partial charge in [0.15, 0.2) is 11.6 Å². The standard InChI is InChI=1S/C14H10BrClFNO3/c1-8-5-13(11(17)6-12(8)18(19)20)21-14-9(7-15)3-2-4-10(14)16/h2-6H,7H2,1H3. The molecule has 0 saturated carbocycles. The van der Waals surface area contributed by atoms with E-state index >= 15 is 0 Å². The van der Waals surface area contributed by atoms with E-state index < -0.39 is 10.7 Å². The van der Waals surface area contributed by atoms with Crippen molar-refractivity contribution in [2.75, 3.05) is 0 Å². The maximum Gasteiger partial charge on any atom is 0.275 e. The predicted molar refractivity (Wildman–Crippen MR) is 81.9 cm³/mol. The number of benzene rings is 2. The number of hydrogen-bond acceptors (Lipinski definition) is 3. The molecule has 0 aliphatic carbocycles. The highest BCUT2D eigenvalue weighted by Crippen LogP contribution is 2.36. The molecule has 2 rings (SSSR count). The molecule has 0 N–H and O–H groups in total. The summed E-state index contributed by atoms with van der Waals surface area (Å²) in [6.07, 6.45) is 0. The van der Waals surface area contributed by atoms with Crippen LogP contribution in [0, 0.1) is 22.9 Å². The lowest BCUT2D eigenvalue weighted by Gasteiger charge is -2.12. The molecule has 0 amide bonds. The molecule has 0 atom stereocenters. The summed E-state index contributed by atoms with van der Waals surface area (Å²) in [5.41, 5.74) is 0.765. The molecule has 21 heavy (non-hydrogen) atoms. The molecule has 110 valence electrons. The Balaban J connectivity index is 2.46. The van der Waals surface area contributed by atoms with Gasteiger partial charge in [-0.1, -0.05) is 39.7 Å². The van der Waals surface area contributed by atoms with Gasteiger partial charge in [-0.15, -0.1) is 0 Å². The zero-order valence-electron chi connectivity index (χ0n) is 10.9. The van der Waals surface area contributed by atoms with E-state index in [4.69, 9.17) is 16.3 Å². The molecular weight excluding hydrogens is 365 g/mol. The van der Waals surface area contributed by atoms with Crippen LogP contribution in [-0.2, 0) is 5.33 Å². The lowest BCUT2D eigenvalue weighted by atomic mass is 10.2. The maximum absolute atomic E-state index is 14.0. The molecule has 0 spiro atoms. The van der Waals surface area contributed by atoms with Gasteiger partial charge < -0.3 is 4.74 Å². The van der Waals surface area contributed by atoms with Gasteiger partial charge in [-0.2, -0.15) is 0 Å². The third kappa shape index (κ3) is 3.33. The quantitative estimate of drug-likeness (QED) is 0.410. The second kappa shape index (κ2) is 6.41. The summed E-state index contributed by atoms with van der Waals surface area (Å²) in [6.45, 7) is 1.52. The minimum Gasteiger partial charge on any atom is -0.452 e. The van der Waals surface area contributed by atoms with Crippen LogP contribution in [0.1, 0.15) is 11.1 Å². The molecular formula is C14H10BrClFNO3. The van der Waals surface area contributed by atoms with Gasteiger partial charge in [-0.05, 0) is 19.1 Å². The van der Waals surface area contributed by atoms with Crippen molar-refractivity contribution in [1.82, 2.24) is 0 Å². The van der Waals surface area contributed by atoms with E-state index in [2.05, 4.69) is 15.9 Å². The van der Waals surface area contributed by atoms with Crippen LogP contribution in [0.25, 0.3) is 0 Å². The monoisotopic (exact) mass is 373 g/mol. The summed E-state index contributed by atoms with van der Waals surface area (Å²) in [7, 11) is 0. The van der Waals surface area contributed by atoms with Crippen molar-refractivity contribution in [2.24, 2.45) is 0 Å². The van der Waals surface area contributed by atoms with Gasteiger partial charge in [0.1, 0.15) is 5.75 Å². The van der Waals surface area contributed by atoms with Gasteiger partial charge in [0.05, 0.1) is 16.0 Å². The number of halogens is 3. The molecule has 0 heterocycles. The number of hydrogen-bond donors (Lipinski definition) is 0. The van der Waals surface area contributed by atoms with Gasteiger partial charge in [-0.25, -0.2) is 4.39 Å². The predicted octanol–water partition coefficient (Wildman–Crippen LogP) is 5.38. The number of alkyl halides is 1. The van der Waals surface area contributed by atoms with Crippen LogP contribution >= 0.6 is 27.5 Å². The Bertz CT molecular complexity index is 709. The number of para-hydroxylation sites is 1. The zero-order valence-corrected chi connectivity index (χ0v) is 13.2. The summed E-state index contributed by atoms with van der Waals surface area (Å²) in [5, 5.41) is 11.6. The van der Waals surface area contributed by atoms with Crippen LogP contribution in [0.3, 0.4) is 0 Å². The Morgan fingerprint density at radius 3 is 2.76 bits per heavy atom. The van der Waals surface area contributed by atoms with Crippen LogP contribution in [0.15, 0.2) is 30.3 Å². The fourth-order valence-corrected chi connectivity index (χ4v) is 2.48. The number of ether oxygens (including phenoxy) is 1. The van der Waals surface area contributed by atoms with Crippen molar-refractivity contribution >= 4 is 33.2 Å². The smallest absolute Gasteiger partial charge is 0.275 e. The maximum atomic E-state index is 14.0. The number of nitrogens with zero attached hydrogens (tertiary/aromatic N) is 1. The SMILES string of the molecule is Cc1cc(Oc2c(Cl)cccc2CBr)c(F)cc1[N+](=O)[O-]. The van der Waals surface area contributed by atoms with Crippen LogP contribution in [0.5, 0.6) is 11.5 Å². The second-order valence-corrected chi connectivity index (χ2v) is 5.26. The first kappa shape index (κ1) is 15.7. The Morgan fingerprint density at radius 2 is 2.14 bits per heavy atom. The lowest BCUT2D eigenvalue weighted by Crippen LogP contribution is -1.97. The Kier molecular flexibility index (Phi) is 4.80. The lowest BCUT2D eigenvalue weighted by molar-refractivity contribution is -0.385. The number of nitro benzene ring substituents is 1. The van der Waals surface area contributed by atoms with E-state index in [0.717, 1.165) is 11.6 Å². The molecule has 0 bridgehead atoms. The fraction of sp³-hybridized carbons (Fsp3) is 0.143. The van der Waals surface area contributed by atoms with Crippen molar-refractivity contribution in [3.63, 3.8) is 0 Å². The minimum absolute atomic E-state index is 0.103. The average Bonchev–Trinajstić information content (AvgIpc) is 2.44. The first-order valence-electron chi connectivity index (χ1n) is 5.89. The van der Waals surface area contributed by atoms with Gasteiger partial charge in [-0.3, -0.25) is 10.1 Å². The molecule has 0 aliphatic heterocycles. The van der Waals surface area contributed by atoms with Crippen molar-refractivity contribution in [3.05, 3.63) is 62.4 Å². The molecule has 2 aromatic rings. The van der Waals surface area contributed by atoms with Crippen LogP contribution in [0.4, 0.5) is 10.1 Å². The topological polar surface area (TPSA) is 52.4 Å². The summed E-state index contributed by atoms with van der Waals surface area (Å²) in [4.78, 5) is 10.1. The fourth-order valence-electron chi connectivity index (χ4n) is 1.80. The highest BCUT2D eigenvalue weighted by Gasteiger charge is 2.18. The molecule has 0 aliphatic rings. The Labute approximate surface area is 133 Å². The Hall–Kier alpha value is -1.66. The van der Waals surface area contributed by atoms with Crippen LogP contribution in [0.2, 0.25) is 5.02 Å². The van der Waals surface area contributed by atoms with Gasteiger partial charge in [0.25, 0.3) is 5.69 Å². The first-order chi connectivity index (χ1) is 9.93. The van der Waals surface area contributed by atoms with Gasteiger partial charge >= 0.3 is 0 Å². The minimum atomic E-state index is -0.812. The third-order valence-electron chi connectivity index (χ3n) is 2.85. The molecule has 4 nitrogen and oxygen atoms in total. The summed E-state index contributed by atoms with van der Waals surface area (Å²) in [5.74, 6) is -0.593. The molecule has 0 aromatic heterocycles. The molecule has 0 saturated heterocycles. The van der Waals surface area contributed by atoms with Crippen molar-refractivity contribution in [1.29, 1.82) is 0 Å². The van der Waals surface area contributed by atoms with E-state index in [1.807, 2.05) is 0 Å². The Morgan fingerprint density at radius 1 is 1.43 bits per heavy atom. The van der Waals surface area contributed by atoms with Crippen LogP contribution in [-0.4, -0.2) is 4.92 Å². The third-order valence-corrected chi connectivity index (χ3v) is 3.75. The van der Waals surface area contributed by atoms with Gasteiger partial charge in [0.2, 0.25) is 0 Å². The van der Waals surface area contributed by atoms with Crippen molar-refractivity contribution in [3.8, 4) is 11.5 Å². The molecule has 2 aromatic carbocycles. The highest BCUT2D eigenvalue weighted by molar-refractivity contribution is 9.08. The second-order valence-electron chi connectivity index (χ2n) is 4.29. The number of aryl methyl sites for hydroxylation is 1. The first-order valence-corrected chi connectivity index (χ1v) is 7.39. The molecule has 0 unspecified atom stereocenters. The number of rotatable bonds is 4. The number of nitro groups is 1. The van der Waals surface area contributed by atoms with Crippen molar-refractivity contribution in [2.45, 2.75) is 12.3 Å². The zero-order chi connectivity index (χ0) is 15.6. The molecule has 7 heteroatoms. The largest absolute Gasteiger partial charge is 0.452 e. The highest BCUT2D eigenvalue weighted by atomic mass is 79.9. The van der Waals surface area contributed by atoms with E-state index in [9.17, 15) is 14.5 Å². The average molecular weight is 375 g/mol. The van der Waals surface area contributed by atoms with E-state index in [1.165, 1.54) is 13.0 Å². The van der Waals surface area contributed by atoms with Gasteiger partial charge in [0, 0.05) is 16.5 Å². The molecule has 0 radical (unpaired) electrons. The van der Waals surface area contributed by atoms with Crippen molar-refractivity contribution < 1.29 is 14.1 Å².